The van der Waals surface area contributed by atoms with Gasteiger partial charge in [-0.3, -0.25) is 4.79 Å². The van der Waals surface area contributed by atoms with Gasteiger partial charge in [-0.25, -0.2) is 4.98 Å². The molecule has 2 N–H and O–H groups in total. The van der Waals surface area contributed by atoms with Crippen LogP contribution in [-0.2, 0) is 12.8 Å². The molecule has 6 heteroatoms. The Bertz CT molecular complexity index is 1090. The molecule has 1 saturated carbocycles. The second kappa shape index (κ2) is 6.98. The van der Waals surface area contributed by atoms with Gasteiger partial charge in [-0.1, -0.05) is 0 Å². The highest BCUT2D eigenvalue weighted by Crippen LogP contribution is 2.41. The van der Waals surface area contributed by atoms with Gasteiger partial charge in [0.2, 0.25) is 0 Å². The highest BCUT2D eigenvalue weighted by molar-refractivity contribution is 5.99. The molecule has 30 heavy (non-hydrogen) atoms. The van der Waals surface area contributed by atoms with Crippen molar-refractivity contribution in [2.45, 2.75) is 50.7 Å². The van der Waals surface area contributed by atoms with Gasteiger partial charge in [0, 0.05) is 47.6 Å². The van der Waals surface area contributed by atoms with Crippen LogP contribution < -0.4 is 0 Å². The molecule has 2 fully saturated rings. The number of aryl methyl sites for hydroxylation is 2. The zero-order chi connectivity index (χ0) is 20.2. The zero-order valence-corrected chi connectivity index (χ0v) is 17.1. The molecule has 0 spiro atoms. The number of fused-ring (bicyclic) bond motifs is 4. The number of amides is 1. The summed E-state index contributed by atoms with van der Waals surface area (Å²) in [7, 11) is 0. The fourth-order valence-electron chi connectivity index (χ4n) is 6.08. The molecule has 3 aliphatic rings. The van der Waals surface area contributed by atoms with Gasteiger partial charge < -0.3 is 19.6 Å². The Kier molecular flexibility index (Phi) is 4.23. The third-order valence-electron chi connectivity index (χ3n) is 7.65. The Morgan fingerprint density at radius 2 is 1.97 bits per heavy atom. The number of imidazole rings is 1. The van der Waals surface area contributed by atoms with Gasteiger partial charge >= 0.3 is 0 Å². The van der Waals surface area contributed by atoms with Crippen molar-refractivity contribution in [1.29, 1.82) is 0 Å². The van der Waals surface area contributed by atoms with Crippen LogP contribution in [0.4, 0.5) is 0 Å². The van der Waals surface area contributed by atoms with Crippen molar-refractivity contribution in [2.75, 3.05) is 13.1 Å². The van der Waals surface area contributed by atoms with Crippen LogP contribution >= 0.6 is 0 Å². The number of nitrogens with one attached hydrogen (secondary N) is 1. The molecule has 1 amide bonds. The molecule has 1 aromatic carbocycles. The number of aliphatic hydroxyl groups is 1. The maximum atomic E-state index is 13.4. The van der Waals surface area contributed by atoms with E-state index in [1.54, 1.807) is 12.5 Å². The number of H-pyrrole nitrogens is 1. The highest BCUT2D eigenvalue weighted by Gasteiger charge is 2.43. The van der Waals surface area contributed by atoms with Crippen LogP contribution in [0.15, 0.2) is 36.9 Å². The molecule has 6 rings (SSSR count). The first-order valence-corrected chi connectivity index (χ1v) is 11.3. The molecule has 3 aromatic rings. The number of nitrogens with zero attached hydrogens (tertiary/aromatic N) is 3. The van der Waals surface area contributed by atoms with E-state index in [1.807, 2.05) is 21.7 Å². The second-order valence-corrected chi connectivity index (χ2v) is 9.40. The number of aliphatic hydroxyl groups excluding tert-OH is 1. The molecular formula is C24H28N4O2. The van der Waals surface area contributed by atoms with Crippen LogP contribution in [-0.4, -0.2) is 49.6 Å². The van der Waals surface area contributed by atoms with Crippen molar-refractivity contribution in [2.24, 2.45) is 11.8 Å². The van der Waals surface area contributed by atoms with Crippen molar-refractivity contribution in [1.82, 2.24) is 19.4 Å². The SMILES string of the molecule is O=C(c1ccc2[nH]c3c(c2c1)CCCC3)N1C[C@H]2C[C@@H](n3ccnc3)[C@H](O)C[C@H]2C1. The molecule has 0 radical (unpaired) electrons. The lowest BCUT2D eigenvalue weighted by atomic mass is 9.77. The van der Waals surface area contributed by atoms with Crippen molar-refractivity contribution < 1.29 is 9.90 Å². The summed E-state index contributed by atoms with van der Waals surface area (Å²) in [5, 5.41) is 11.9. The van der Waals surface area contributed by atoms with Crippen LogP contribution in [0.5, 0.6) is 0 Å². The first-order valence-electron chi connectivity index (χ1n) is 11.3. The summed E-state index contributed by atoms with van der Waals surface area (Å²) >= 11 is 0. The first-order chi connectivity index (χ1) is 14.7. The molecule has 0 bridgehead atoms. The quantitative estimate of drug-likeness (QED) is 0.688. The molecule has 1 aliphatic heterocycles. The molecule has 0 unspecified atom stereocenters. The van der Waals surface area contributed by atoms with E-state index < -0.39 is 0 Å². The summed E-state index contributed by atoms with van der Waals surface area (Å²) in [6, 6.07) is 6.20. The lowest BCUT2D eigenvalue weighted by Crippen LogP contribution is -2.35. The Balaban J connectivity index is 1.23. The van der Waals surface area contributed by atoms with Crippen LogP contribution in [0.3, 0.4) is 0 Å². The number of hydrogen-bond donors (Lipinski definition) is 2. The fourth-order valence-corrected chi connectivity index (χ4v) is 6.08. The summed E-state index contributed by atoms with van der Waals surface area (Å²) in [4.78, 5) is 23.1. The predicted octanol–water partition coefficient (Wildman–Crippen LogP) is 3.33. The smallest absolute Gasteiger partial charge is 0.253 e. The largest absolute Gasteiger partial charge is 0.391 e. The van der Waals surface area contributed by atoms with Crippen molar-refractivity contribution in [3.05, 3.63) is 53.7 Å². The molecule has 1 saturated heterocycles. The third kappa shape index (κ3) is 2.88. The maximum absolute atomic E-state index is 13.4. The number of hydrogen-bond acceptors (Lipinski definition) is 3. The fraction of sp³-hybridized carbons (Fsp3) is 0.500. The van der Waals surface area contributed by atoms with Crippen LogP contribution in [0, 0.1) is 11.8 Å². The minimum absolute atomic E-state index is 0.0616. The third-order valence-corrected chi connectivity index (χ3v) is 7.65. The molecule has 6 nitrogen and oxygen atoms in total. The van der Waals surface area contributed by atoms with E-state index in [2.05, 4.69) is 22.1 Å². The zero-order valence-electron chi connectivity index (χ0n) is 17.1. The van der Waals surface area contributed by atoms with E-state index in [4.69, 9.17) is 0 Å². The first kappa shape index (κ1) is 18.2. The summed E-state index contributed by atoms with van der Waals surface area (Å²) in [5.74, 6) is 0.951. The molecular weight excluding hydrogens is 376 g/mol. The monoisotopic (exact) mass is 404 g/mol. The molecule has 156 valence electrons. The Morgan fingerprint density at radius 1 is 1.13 bits per heavy atom. The number of likely N-dealkylation sites (tertiary alicyclic amines) is 1. The van der Waals surface area contributed by atoms with Crippen molar-refractivity contribution >= 4 is 16.8 Å². The van der Waals surface area contributed by atoms with Gasteiger partial charge in [0.25, 0.3) is 5.91 Å². The number of carbonyl (C=O) groups is 1. The van der Waals surface area contributed by atoms with Crippen LogP contribution in [0.25, 0.3) is 10.9 Å². The van der Waals surface area contributed by atoms with E-state index in [1.165, 1.54) is 29.5 Å². The minimum atomic E-state index is -0.377. The van der Waals surface area contributed by atoms with Crippen LogP contribution in [0.1, 0.15) is 53.3 Å². The second-order valence-electron chi connectivity index (χ2n) is 9.40. The lowest BCUT2D eigenvalue weighted by Gasteiger charge is -2.35. The van der Waals surface area contributed by atoms with Gasteiger partial charge in [-0.05, 0) is 74.1 Å². The van der Waals surface area contributed by atoms with Gasteiger partial charge in [0.1, 0.15) is 0 Å². The minimum Gasteiger partial charge on any atom is -0.391 e. The molecule has 3 heterocycles. The summed E-state index contributed by atoms with van der Waals surface area (Å²) in [6.07, 6.45) is 11.5. The Morgan fingerprint density at radius 3 is 2.80 bits per heavy atom. The number of aromatic amines is 1. The number of rotatable bonds is 2. The standard InChI is InChI=1S/C24H28N4O2/c29-23-11-17-13-28(12-16(17)10-22(23)27-8-7-25-14-27)24(30)15-5-6-21-19(9-15)18-3-1-2-4-20(18)26-21/h5-9,14,16-17,22-23,26,29H,1-4,10-13H2/t16-,17+,22-,23-/m1/s1. The van der Waals surface area contributed by atoms with E-state index in [9.17, 15) is 9.90 Å². The summed E-state index contributed by atoms with van der Waals surface area (Å²) in [6.45, 7) is 1.53. The normalized spacial score (nSPS) is 28.5. The van der Waals surface area contributed by atoms with E-state index in [-0.39, 0.29) is 18.1 Å². The number of benzene rings is 1. The molecule has 4 atom stereocenters. The average Bonchev–Trinajstić information content (AvgIpc) is 3.50. The lowest BCUT2D eigenvalue weighted by molar-refractivity contribution is 0.0357. The topological polar surface area (TPSA) is 74.2 Å². The van der Waals surface area contributed by atoms with E-state index in [0.29, 0.717) is 11.8 Å². The van der Waals surface area contributed by atoms with Gasteiger partial charge in [-0.2, -0.15) is 0 Å². The van der Waals surface area contributed by atoms with Crippen molar-refractivity contribution in [3.8, 4) is 0 Å². The van der Waals surface area contributed by atoms with Crippen LogP contribution in [0.2, 0.25) is 0 Å². The maximum Gasteiger partial charge on any atom is 0.253 e. The Hall–Kier alpha value is -2.60. The predicted molar refractivity (Wildman–Crippen MR) is 114 cm³/mol. The van der Waals surface area contributed by atoms with Gasteiger partial charge in [0.05, 0.1) is 18.5 Å². The number of carbonyl (C=O) groups excluding carboxylic acids is 1. The van der Waals surface area contributed by atoms with Gasteiger partial charge in [-0.15, -0.1) is 0 Å². The molecule has 2 aromatic heterocycles. The Labute approximate surface area is 175 Å². The number of aromatic nitrogens is 3. The molecule has 2 aliphatic carbocycles. The van der Waals surface area contributed by atoms with Crippen molar-refractivity contribution in [3.63, 3.8) is 0 Å². The van der Waals surface area contributed by atoms with E-state index >= 15 is 0 Å². The highest BCUT2D eigenvalue weighted by atomic mass is 16.3. The van der Waals surface area contributed by atoms with E-state index in [0.717, 1.165) is 49.9 Å². The average molecular weight is 405 g/mol. The van der Waals surface area contributed by atoms with Gasteiger partial charge in [0.15, 0.2) is 0 Å². The summed E-state index contributed by atoms with van der Waals surface area (Å²) < 4.78 is 2.02. The summed E-state index contributed by atoms with van der Waals surface area (Å²) in [5.41, 5.74) is 4.71.